The first kappa shape index (κ1) is 27.7. The van der Waals surface area contributed by atoms with E-state index in [1.165, 1.54) is 19.2 Å². The van der Waals surface area contributed by atoms with Gasteiger partial charge >= 0.3 is 0 Å². The van der Waals surface area contributed by atoms with Gasteiger partial charge < -0.3 is 20.1 Å². The first-order valence-corrected chi connectivity index (χ1v) is 12.9. The summed E-state index contributed by atoms with van der Waals surface area (Å²) in [6, 6.07) is 14.8. The SMILES string of the molecule is COc1ccc(CNC(=O)c2cc(NC(=O)[C@H]3[C@H](c4cc(Cl)cc(Cl)c4)C3(Cl)Cl)ccc2Cl)c(OC)c1. The number of carbonyl (C=O) groups excluding carboxylic acids is 2. The number of nitrogens with one attached hydrogen (secondary N) is 2. The van der Waals surface area contributed by atoms with Crippen LogP contribution in [-0.2, 0) is 11.3 Å². The summed E-state index contributed by atoms with van der Waals surface area (Å²) in [7, 11) is 3.09. The number of benzene rings is 3. The molecule has 2 atom stereocenters. The zero-order valence-electron chi connectivity index (χ0n) is 19.6. The number of rotatable bonds is 8. The van der Waals surface area contributed by atoms with Crippen LogP contribution in [0.5, 0.6) is 11.5 Å². The molecule has 0 heterocycles. The maximum Gasteiger partial charge on any atom is 0.253 e. The Morgan fingerprint density at radius 2 is 1.62 bits per heavy atom. The van der Waals surface area contributed by atoms with Crippen molar-refractivity contribution in [3.63, 3.8) is 0 Å². The molecule has 0 spiro atoms. The van der Waals surface area contributed by atoms with Gasteiger partial charge in [-0.05, 0) is 54.1 Å². The molecule has 0 aliphatic heterocycles. The van der Waals surface area contributed by atoms with E-state index in [2.05, 4.69) is 10.6 Å². The second-order valence-electron chi connectivity index (χ2n) is 8.38. The molecule has 6 nitrogen and oxygen atoms in total. The van der Waals surface area contributed by atoms with Crippen LogP contribution in [-0.4, -0.2) is 30.4 Å². The highest BCUT2D eigenvalue weighted by molar-refractivity contribution is 6.53. The first-order valence-electron chi connectivity index (χ1n) is 11.0. The zero-order chi connectivity index (χ0) is 26.9. The summed E-state index contributed by atoms with van der Waals surface area (Å²) < 4.78 is 9.23. The summed E-state index contributed by atoms with van der Waals surface area (Å²) in [6.07, 6.45) is 0. The fourth-order valence-corrected chi connectivity index (χ4v) is 5.66. The Kier molecular flexibility index (Phi) is 8.36. The van der Waals surface area contributed by atoms with Gasteiger partial charge in [0.15, 0.2) is 0 Å². The van der Waals surface area contributed by atoms with Gasteiger partial charge in [0.2, 0.25) is 5.91 Å². The molecule has 1 fully saturated rings. The van der Waals surface area contributed by atoms with Crippen LogP contribution < -0.4 is 20.1 Å². The molecule has 0 aromatic heterocycles. The largest absolute Gasteiger partial charge is 0.497 e. The van der Waals surface area contributed by atoms with Crippen molar-refractivity contribution >= 4 is 75.5 Å². The van der Waals surface area contributed by atoms with E-state index in [4.69, 9.17) is 67.5 Å². The van der Waals surface area contributed by atoms with E-state index in [0.717, 1.165) is 5.56 Å². The Hall–Kier alpha value is -2.35. The second-order valence-corrected chi connectivity index (χ2v) is 11.1. The molecule has 37 heavy (non-hydrogen) atoms. The predicted octanol–water partition coefficient (Wildman–Crippen LogP) is 7.12. The van der Waals surface area contributed by atoms with Gasteiger partial charge in [0.05, 0.1) is 30.7 Å². The van der Waals surface area contributed by atoms with Crippen molar-refractivity contribution in [2.45, 2.75) is 16.8 Å². The lowest BCUT2D eigenvalue weighted by molar-refractivity contribution is -0.117. The maximum absolute atomic E-state index is 13.0. The van der Waals surface area contributed by atoms with Crippen molar-refractivity contribution < 1.29 is 19.1 Å². The number of hydrogen-bond acceptors (Lipinski definition) is 4. The van der Waals surface area contributed by atoms with Gasteiger partial charge in [-0.3, -0.25) is 9.59 Å². The third-order valence-corrected chi connectivity index (χ3v) is 7.70. The lowest BCUT2D eigenvalue weighted by Gasteiger charge is -2.13. The summed E-state index contributed by atoms with van der Waals surface area (Å²) in [4.78, 5) is 25.9. The van der Waals surface area contributed by atoms with Crippen LogP contribution in [0.3, 0.4) is 0 Å². The van der Waals surface area contributed by atoms with Crippen molar-refractivity contribution in [2.24, 2.45) is 5.92 Å². The van der Waals surface area contributed by atoms with Crippen molar-refractivity contribution in [3.05, 3.63) is 86.4 Å². The highest BCUT2D eigenvalue weighted by atomic mass is 35.5. The molecule has 2 N–H and O–H groups in total. The average molecular weight is 603 g/mol. The number of carbonyl (C=O) groups is 2. The van der Waals surface area contributed by atoms with Crippen LogP contribution >= 0.6 is 58.0 Å². The first-order chi connectivity index (χ1) is 17.5. The number of anilines is 1. The lowest BCUT2D eigenvalue weighted by atomic mass is 10.1. The molecular formula is C26H21Cl5N2O4. The van der Waals surface area contributed by atoms with Gasteiger partial charge in [0, 0.05) is 39.8 Å². The van der Waals surface area contributed by atoms with Crippen molar-refractivity contribution in [1.29, 1.82) is 0 Å². The second kappa shape index (κ2) is 11.2. The summed E-state index contributed by atoms with van der Waals surface area (Å²) in [5, 5.41) is 6.63. The number of amides is 2. The van der Waals surface area contributed by atoms with Crippen LogP contribution in [0.4, 0.5) is 5.69 Å². The summed E-state index contributed by atoms with van der Waals surface area (Å²) in [5.74, 6) is -0.892. The highest BCUT2D eigenvalue weighted by Crippen LogP contribution is 2.65. The standard InChI is InChI=1S/C26H21Cl5N2O4/c1-36-18-5-3-13(21(11-18)37-2)12-32-24(34)19-10-17(4-6-20(19)29)33-25(35)23-22(26(23,30)31)14-7-15(27)9-16(28)8-14/h3-11,22-23H,12H2,1-2H3,(H,32,34)(H,33,35)/t22-,23+/m0/s1. The molecule has 2 amide bonds. The topological polar surface area (TPSA) is 76.7 Å². The fraction of sp³-hybridized carbons (Fsp3) is 0.231. The number of ether oxygens (including phenoxy) is 2. The van der Waals surface area contributed by atoms with E-state index >= 15 is 0 Å². The Morgan fingerprint density at radius 1 is 0.919 bits per heavy atom. The molecule has 11 heteroatoms. The van der Waals surface area contributed by atoms with Gasteiger partial charge in [-0.25, -0.2) is 0 Å². The molecule has 3 aromatic rings. The van der Waals surface area contributed by atoms with E-state index in [1.807, 2.05) is 0 Å². The van der Waals surface area contributed by atoms with Gasteiger partial charge in [-0.15, -0.1) is 23.2 Å². The minimum Gasteiger partial charge on any atom is -0.497 e. The van der Waals surface area contributed by atoms with E-state index in [0.29, 0.717) is 32.8 Å². The molecule has 1 saturated carbocycles. The van der Waals surface area contributed by atoms with Gasteiger partial charge in [-0.1, -0.05) is 34.8 Å². The Balaban J connectivity index is 1.46. The molecule has 4 rings (SSSR count). The van der Waals surface area contributed by atoms with Crippen LogP contribution in [0.15, 0.2) is 54.6 Å². The van der Waals surface area contributed by atoms with E-state index in [-0.39, 0.29) is 17.1 Å². The normalized spacial score (nSPS) is 17.6. The van der Waals surface area contributed by atoms with Crippen LogP contribution in [0.2, 0.25) is 15.1 Å². The fourth-order valence-electron chi connectivity index (χ4n) is 4.09. The maximum atomic E-state index is 13.0. The lowest BCUT2D eigenvalue weighted by Crippen LogP contribution is -2.24. The van der Waals surface area contributed by atoms with E-state index in [1.54, 1.807) is 49.6 Å². The van der Waals surface area contributed by atoms with Crippen LogP contribution in [0.1, 0.15) is 27.4 Å². The minimum absolute atomic E-state index is 0.184. The smallest absolute Gasteiger partial charge is 0.253 e. The molecule has 1 aliphatic carbocycles. The monoisotopic (exact) mass is 600 g/mol. The third kappa shape index (κ3) is 6.05. The van der Waals surface area contributed by atoms with Crippen molar-refractivity contribution in [2.75, 3.05) is 19.5 Å². The summed E-state index contributed by atoms with van der Waals surface area (Å²) in [5.41, 5.74) is 1.95. The number of methoxy groups -OCH3 is 2. The molecule has 0 saturated heterocycles. The molecule has 0 radical (unpaired) electrons. The molecule has 0 bridgehead atoms. The number of hydrogen-bond donors (Lipinski definition) is 2. The minimum atomic E-state index is -1.33. The van der Waals surface area contributed by atoms with Gasteiger partial charge in [-0.2, -0.15) is 0 Å². The Bertz CT molecular complexity index is 1340. The van der Waals surface area contributed by atoms with Gasteiger partial charge in [0.1, 0.15) is 15.8 Å². The Labute approximate surface area is 239 Å². The molecule has 3 aromatic carbocycles. The van der Waals surface area contributed by atoms with E-state index < -0.39 is 28.0 Å². The quantitative estimate of drug-likeness (QED) is 0.269. The van der Waals surface area contributed by atoms with Crippen molar-refractivity contribution in [1.82, 2.24) is 5.32 Å². The Morgan fingerprint density at radius 3 is 2.27 bits per heavy atom. The molecular weight excluding hydrogens is 582 g/mol. The van der Waals surface area contributed by atoms with Gasteiger partial charge in [0.25, 0.3) is 5.91 Å². The van der Waals surface area contributed by atoms with E-state index in [9.17, 15) is 9.59 Å². The summed E-state index contributed by atoms with van der Waals surface area (Å²) in [6.45, 7) is 0.186. The highest BCUT2D eigenvalue weighted by Gasteiger charge is 2.67. The van der Waals surface area contributed by atoms with Crippen LogP contribution in [0, 0.1) is 5.92 Å². The number of alkyl halides is 2. The number of halogens is 5. The summed E-state index contributed by atoms with van der Waals surface area (Å²) >= 11 is 31.3. The predicted molar refractivity (Wildman–Crippen MR) is 148 cm³/mol. The molecule has 0 unspecified atom stereocenters. The molecule has 194 valence electrons. The van der Waals surface area contributed by atoms with Crippen molar-refractivity contribution in [3.8, 4) is 11.5 Å². The average Bonchev–Trinajstić information content (AvgIpc) is 3.44. The molecule has 1 aliphatic rings. The third-order valence-electron chi connectivity index (χ3n) is 5.99. The van der Waals surface area contributed by atoms with Crippen LogP contribution in [0.25, 0.3) is 0 Å². The zero-order valence-corrected chi connectivity index (χ0v) is 23.4.